The number of rotatable bonds is 3. The van der Waals surface area contributed by atoms with Gasteiger partial charge in [0, 0.05) is 37.8 Å². The van der Waals surface area contributed by atoms with E-state index in [2.05, 4.69) is 35.2 Å². The molecule has 0 amide bonds. The molecule has 1 aromatic carbocycles. The molecule has 2 aliphatic heterocycles. The Morgan fingerprint density at radius 2 is 1.62 bits per heavy atom. The standard InChI is InChI=1S/C21H31NO2/c23-21(10-6-1-2-7-11-21)17-22-16-20(12-14-24-15-13-20)19(22)18-8-4-3-5-9-18/h3-5,8-9,19,23H,1-2,6-7,10-17H2. The van der Waals surface area contributed by atoms with Crippen LogP contribution in [0.2, 0.25) is 0 Å². The number of benzene rings is 1. The molecule has 2 saturated heterocycles. The van der Waals surface area contributed by atoms with E-state index in [9.17, 15) is 5.11 Å². The van der Waals surface area contributed by atoms with Gasteiger partial charge in [0.1, 0.15) is 0 Å². The van der Waals surface area contributed by atoms with Crippen LogP contribution in [0.25, 0.3) is 0 Å². The van der Waals surface area contributed by atoms with Gasteiger partial charge in [-0.05, 0) is 31.2 Å². The summed E-state index contributed by atoms with van der Waals surface area (Å²) in [5.74, 6) is 0. The molecule has 1 aliphatic carbocycles. The van der Waals surface area contributed by atoms with Crippen LogP contribution in [0.5, 0.6) is 0 Å². The summed E-state index contributed by atoms with van der Waals surface area (Å²) in [5.41, 5.74) is 1.31. The van der Waals surface area contributed by atoms with Gasteiger partial charge in [0.05, 0.1) is 5.60 Å². The topological polar surface area (TPSA) is 32.7 Å². The summed E-state index contributed by atoms with van der Waals surface area (Å²) in [7, 11) is 0. The predicted octanol–water partition coefficient (Wildman–Crippen LogP) is 3.93. The van der Waals surface area contributed by atoms with Crippen LogP contribution in [0.3, 0.4) is 0 Å². The van der Waals surface area contributed by atoms with Crippen molar-refractivity contribution in [2.24, 2.45) is 5.41 Å². The first-order chi connectivity index (χ1) is 11.7. The molecular weight excluding hydrogens is 298 g/mol. The van der Waals surface area contributed by atoms with Gasteiger partial charge in [-0.1, -0.05) is 56.0 Å². The molecule has 0 bridgehead atoms. The molecule has 3 heteroatoms. The van der Waals surface area contributed by atoms with Gasteiger partial charge >= 0.3 is 0 Å². The molecule has 2 heterocycles. The van der Waals surface area contributed by atoms with Crippen LogP contribution >= 0.6 is 0 Å². The maximum atomic E-state index is 11.2. The van der Waals surface area contributed by atoms with E-state index in [0.29, 0.717) is 11.5 Å². The van der Waals surface area contributed by atoms with Crippen LogP contribution in [-0.2, 0) is 4.74 Å². The highest BCUT2D eigenvalue weighted by Gasteiger charge is 2.54. The molecule has 132 valence electrons. The summed E-state index contributed by atoms with van der Waals surface area (Å²) in [6.45, 7) is 3.75. The van der Waals surface area contributed by atoms with Crippen LogP contribution in [0.1, 0.15) is 63.0 Å². The van der Waals surface area contributed by atoms with Crippen LogP contribution in [0.15, 0.2) is 30.3 Å². The molecule has 1 spiro atoms. The van der Waals surface area contributed by atoms with E-state index in [4.69, 9.17) is 4.74 Å². The van der Waals surface area contributed by atoms with Crippen LogP contribution in [-0.4, -0.2) is 41.9 Å². The highest BCUT2D eigenvalue weighted by molar-refractivity contribution is 5.26. The zero-order chi connectivity index (χ0) is 16.5. The van der Waals surface area contributed by atoms with Crippen molar-refractivity contribution in [1.82, 2.24) is 4.90 Å². The minimum Gasteiger partial charge on any atom is -0.389 e. The number of ether oxygens (including phenoxy) is 1. The molecule has 1 saturated carbocycles. The summed E-state index contributed by atoms with van der Waals surface area (Å²) in [4.78, 5) is 2.56. The number of β-amino-alcohol motifs (C(OH)–C–C–N with tert-alkyl or cyclic N) is 1. The lowest BCUT2D eigenvalue weighted by molar-refractivity contribution is -0.159. The zero-order valence-electron chi connectivity index (χ0n) is 14.8. The third-order valence-corrected chi connectivity index (χ3v) is 6.60. The van der Waals surface area contributed by atoms with Gasteiger partial charge in [0.15, 0.2) is 0 Å². The second-order valence-corrected chi connectivity index (χ2v) is 8.33. The molecule has 1 unspecified atom stereocenters. The van der Waals surface area contributed by atoms with Crippen molar-refractivity contribution >= 4 is 0 Å². The Morgan fingerprint density at radius 1 is 0.958 bits per heavy atom. The average Bonchev–Trinajstić information content (AvgIpc) is 2.81. The zero-order valence-corrected chi connectivity index (χ0v) is 14.8. The average molecular weight is 329 g/mol. The van der Waals surface area contributed by atoms with Crippen molar-refractivity contribution in [2.75, 3.05) is 26.3 Å². The Balaban J connectivity index is 1.54. The highest BCUT2D eigenvalue weighted by atomic mass is 16.5. The fourth-order valence-electron chi connectivity index (χ4n) is 5.34. The number of hydrogen-bond acceptors (Lipinski definition) is 3. The lowest BCUT2D eigenvalue weighted by atomic mass is 9.63. The van der Waals surface area contributed by atoms with Gasteiger partial charge in [-0.2, -0.15) is 0 Å². The summed E-state index contributed by atoms with van der Waals surface area (Å²) in [5, 5.41) is 11.2. The van der Waals surface area contributed by atoms with Gasteiger partial charge in [0.2, 0.25) is 0 Å². The first-order valence-electron chi connectivity index (χ1n) is 9.80. The van der Waals surface area contributed by atoms with Gasteiger partial charge in [-0.25, -0.2) is 0 Å². The van der Waals surface area contributed by atoms with E-state index in [-0.39, 0.29) is 0 Å². The van der Waals surface area contributed by atoms with E-state index >= 15 is 0 Å². The Bertz CT molecular complexity index is 530. The Kier molecular flexibility index (Phi) is 4.68. The minimum atomic E-state index is -0.476. The first-order valence-corrected chi connectivity index (χ1v) is 9.80. The summed E-state index contributed by atoms with van der Waals surface area (Å²) < 4.78 is 5.64. The van der Waals surface area contributed by atoms with Gasteiger partial charge in [0.25, 0.3) is 0 Å². The van der Waals surface area contributed by atoms with E-state index in [1.807, 2.05) is 0 Å². The normalized spacial score (nSPS) is 29.8. The summed E-state index contributed by atoms with van der Waals surface area (Å²) in [6.07, 6.45) is 9.18. The smallest absolute Gasteiger partial charge is 0.0774 e. The van der Waals surface area contributed by atoms with Crippen LogP contribution in [0, 0.1) is 5.41 Å². The fourth-order valence-corrected chi connectivity index (χ4v) is 5.34. The van der Waals surface area contributed by atoms with Gasteiger partial charge < -0.3 is 9.84 Å². The minimum absolute atomic E-state index is 0.362. The quantitative estimate of drug-likeness (QED) is 0.853. The van der Waals surface area contributed by atoms with Crippen molar-refractivity contribution in [1.29, 1.82) is 0 Å². The lowest BCUT2D eigenvalue weighted by Crippen LogP contribution is -2.63. The molecule has 24 heavy (non-hydrogen) atoms. The van der Waals surface area contributed by atoms with Crippen LogP contribution < -0.4 is 0 Å². The lowest BCUT2D eigenvalue weighted by Gasteiger charge is -2.61. The van der Waals surface area contributed by atoms with Crippen LogP contribution in [0.4, 0.5) is 0 Å². The SMILES string of the molecule is OC1(CN2CC3(CCOCC3)C2c2ccccc2)CCCCCC1. The summed E-state index contributed by atoms with van der Waals surface area (Å²) in [6, 6.07) is 11.4. The fraction of sp³-hybridized carbons (Fsp3) is 0.714. The van der Waals surface area contributed by atoms with E-state index < -0.39 is 5.60 Å². The molecule has 0 radical (unpaired) electrons. The van der Waals surface area contributed by atoms with Crippen molar-refractivity contribution < 1.29 is 9.84 Å². The van der Waals surface area contributed by atoms with Crippen molar-refractivity contribution in [3.63, 3.8) is 0 Å². The summed E-state index contributed by atoms with van der Waals surface area (Å²) >= 11 is 0. The molecule has 4 rings (SSSR count). The first kappa shape index (κ1) is 16.6. The van der Waals surface area contributed by atoms with Crippen molar-refractivity contribution in [3.05, 3.63) is 35.9 Å². The molecule has 1 N–H and O–H groups in total. The third kappa shape index (κ3) is 3.14. The maximum Gasteiger partial charge on any atom is 0.0774 e. The number of aliphatic hydroxyl groups is 1. The van der Waals surface area contributed by atoms with Crippen molar-refractivity contribution in [2.45, 2.75) is 63.0 Å². The van der Waals surface area contributed by atoms with Crippen molar-refractivity contribution in [3.8, 4) is 0 Å². The predicted molar refractivity (Wildman–Crippen MR) is 95.9 cm³/mol. The Labute approximate surface area is 146 Å². The molecular formula is C21H31NO2. The van der Waals surface area contributed by atoms with Gasteiger partial charge in [-0.15, -0.1) is 0 Å². The maximum absolute atomic E-state index is 11.2. The second kappa shape index (κ2) is 6.78. The molecule has 0 aromatic heterocycles. The third-order valence-electron chi connectivity index (χ3n) is 6.60. The Hall–Kier alpha value is -0.900. The second-order valence-electron chi connectivity index (χ2n) is 8.33. The van der Waals surface area contributed by atoms with E-state index in [1.165, 1.54) is 31.2 Å². The number of nitrogens with zero attached hydrogens (tertiary/aromatic N) is 1. The monoisotopic (exact) mass is 329 g/mol. The molecule has 3 nitrogen and oxygen atoms in total. The molecule has 1 atom stereocenters. The number of hydrogen-bond donors (Lipinski definition) is 1. The molecule has 3 aliphatic rings. The molecule has 3 fully saturated rings. The highest BCUT2D eigenvalue weighted by Crippen LogP contribution is 2.55. The van der Waals surface area contributed by atoms with E-state index in [0.717, 1.165) is 52.0 Å². The largest absolute Gasteiger partial charge is 0.389 e. The van der Waals surface area contributed by atoms with Gasteiger partial charge in [-0.3, -0.25) is 4.90 Å². The Morgan fingerprint density at radius 3 is 2.29 bits per heavy atom. The number of likely N-dealkylation sites (tertiary alicyclic amines) is 1. The van der Waals surface area contributed by atoms with E-state index in [1.54, 1.807) is 0 Å². The molecule has 1 aromatic rings.